The monoisotopic (exact) mass is 232 g/mol. The molecule has 1 nitrogen and oxygen atoms in total. The molecule has 0 aliphatic carbocycles. The molecule has 0 fully saturated rings. The minimum atomic E-state index is -1.11. The third kappa shape index (κ3) is 5.10. The Morgan fingerprint density at radius 1 is 1.06 bits per heavy atom. The van der Waals surface area contributed by atoms with Crippen molar-refractivity contribution >= 4 is 9.04 Å². The first-order chi connectivity index (χ1) is 7.86. The van der Waals surface area contributed by atoms with Gasteiger partial charge in [0.05, 0.1) is 0 Å². The van der Waals surface area contributed by atoms with E-state index < -0.39 is 9.04 Å². The lowest BCUT2D eigenvalue weighted by Crippen LogP contribution is -2.17. The Morgan fingerprint density at radius 3 is 2.25 bits per heavy atom. The summed E-state index contributed by atoms with van der Waals surface area (Å²) in [5.74, 6) is 0. The van der Waals surface area contributed by atoms with Crippen LogP contribution >= 0.6 is 0 Å². The van der Waals surface area contributed by atoms with Crippen molar-refractivity contribution in [1.29, 1.82) is 0 Å². The topological polar surface area (TPSA) is 9.23 Å². The minimum absolute atomic E-state index is 0.822. The Bertz CT molecular complexity index is 298. The van der Waals surface area contributed by atoms with Crippen LogP contribution in [0.25, 0.3) is 0 Å². The van der Waals surface area contributed by atoms with E-state index in [0.717, 1.165) is 25.1 Å². The molecule has 0 N–H and O–H groups in total. The van der Waals surface area contributed by atoms with Crippen LogP contribution in [0.15, 0.2) is 55.6 Å². The molecule has 1 rings (SSSR count). The summed E-state index contributed by atoms with van der Waals surface area (Å²) in [7, 11) is -1.11. The molecule has 16 heavy (non-hydrogen) atoms. The van der Waals surface area contributed by atoms with Gasteiger partial charge < -0.3 is 4.43 Å². The summed E-state index contributed by atoms with van der Waals surface area (Å²) in [4.78, 5) is 0. The highest BCUT2D eigenvalue weighted by Crippen LogP contribution is 2.05. The van der Waals surface area contributed by atoms with Crippen molar-refractivity contribution < 1.29 is 4.43 Å². The average Bonchev–Trinajstić information content (AvgIpc) is 2.31. The summed E-state index contributed by atoms with van der Waals surface area (Å²) < 4.78 is 5.92. The van der Waals surface area contributed by atoms with Gasteiger partial charge in [-0.15, -0.1) is 13.2 Å². The van der Waals surface area contributed by atoms with E-state index >= 15 is 0 Å². The standard InChI is InChI=1S/C14H20OSi/c1-3-12-16(13-4-2)15-11-10-14-8-6-5-7-9-14/h3-9,16H,1-2,10-13H2. The van der Waals surface area contributed by atoms with Crippen molar-refractivity contribution in [2.75, 3.05) is 6.61 Å². The molecule has 0 spiro atoms. The van der Waals surface area contributed by atoms with Gasteiger partial charge in [0.2, 0.25) is 0 Å². The molecule has 0 aliphatic rings. The first kappa shape index (κ1) is 12.9. The molecule has 0 radical (unpaired) electrons. The first-order valence-electron chi connectivity index (χ1n) is 5.74. The van der Waals surface area contributed by atoms with Crippen LogP contribution in [0, 0.1) is 0 Å². The van der Waals surface area contributed by atoms with Gasteiger partial charge in [-0.3, -0.25) is 0 Å². The minimum Gasteiger partial charge on any atom is -0.419 e. The van der Waals surface area contributed by atoms with E-state index in [4.69, 9.17) is 4.43 Å². The van der Waals surface area contributed by atoms with Crippen molar-refractivity contribution in [1.82, 2.24) is 0 Å². The largest absolute Gasteiger partial charge is 0.419 e. The number of benzene rings is 1. The summed E-state index contributed by atoms with van der Waals surface area (Å²) in [5, 5.41) is 0. The normalized spacial score (nSPS) is 10.3. The van der Waals surface area contributed by atoms with E-state index in [0.29, 0.717) is 0 Å². The molecule has 1 aromatic rings. The molecular formula is C14H20OSi. The van der Waals surface area contributed by atoms with Gasteiger partial charge in [-0.2, -0.15) is 0 Å². The lowest BCUT2D eigenvalue weighted by atomic mass is 10.2. The van der Waals surface area contributed by atoms with E-state index in [1.165, 1.54) is 5.56 Å². The summed E-state index contributed by atoms with van der Waals surface area (Å²) in [6.45, 7) is 8.36. The second-order valence-corrected chi connectivity index (χ2v) is 6.30. The van der Waals surface area contributed by atoms with Gasteiger partial charge >= 0.3 is 0 Å². The van der Waals surface area contributed by atoms with Crippen LogP contribution in [0.4, 0.5) is 0 Å². The first-order valence-corrected chi connectivity index (χ1v) is 7.84. The Labute approximate surface area is 100 Å². The zero-order valence-corrected chi connectivity index (χ0v) is 10.9. The molecule has 1 aromatic carbocycles. The van der Waals surface area contributed by atoms with E-state index in [9.17, 15) is 0 Å². The maximum absolute atomic E-state index is 5.92. The highest BCUT2D eigenvalue weighted by Gasteiger charge is 2.07. The lowest BCUT2D eigenvalue weighted by molar-refractivity contribution is 0.326. The van der Waals surface area contributed by atoms with Crippen molar-refractivity contribution in [3.8, 4) is 0 Å². The lowest BCUT2D eigenvalue weighted by Gasteiger charge is -2.12. The van der Waals surface area contributed by atoms with Gasteiger partial charge in [0.15, 0.2) is 9.04 Å². The van der Waals surface area contributed by atoms with Crippen LogP contribution in [0.2, 0.25) is 12.1 Å². The van der Waals surface area contributed by atoms with Gasteiger partial charge in [0.1, 0.15) is 0 Å². The summed E-state index contributed by atoms with van der Waals surface area (Å²) in [6, 6.07) is 12.5. The Hall–Kier alpha value is -1.12. The maximum Gasteiger partial charge on any atom is 0.184 e. The predicted molar refractivity (Wildman–Crippen MR) is 73.3 cm³/mol. The Kier molecular flexibility index (Phi) is 6.54. The molecule has 0 saturated heterocycles. The van der Waals surface area contributed by atoms with Crippen LogP contribution in [-0.4, -0.2) is 15.6 Å². The van der Waals surface area contributed by atoms with Crippen LogP contribution in [-0.2, 0) is 10.8 Å². The van der Waals surface area contributed by atoms with Crippen LogP contribution < -0.4 is 0 Å². The molecule has 0 saturated carbocycles. The molecule has 2 heteroatoms. The number of hydrogen-bond donors (Lipinski definition) is 0. The van der Waals surface area contributed by atoms with Gasteiger partial charge in [-0.25, -0.2) is 0 Å². The number of rotatable bonds is 8. The van der Waals surface area contributed by atoms with E-state index in [1.807, 2.05) is 18.2 Å². The average molecular weight is 232 g/mol. The molecule has 0 atom stereocenters. The molecule has 0 aromatic heterocycles. The van der Waals surface area contributed by atoms with Gasteiger partial charge in [-0.05, 0) is 24.1 Å². The fraction of sp³-hybridized carbons (Fsp3) is 0.286. The third-order valence-corrected chi connectivity index (χ3v) is 4.87. The van der Waals surface area contributed by atoms with Gasteiger partial charge in [-0.1, -0.05) is 42.5 Å². The summed E-state index contributed by atoms with van der Waals surface area (Å²) in [6.07, 6.45) is 4.92. The van der Waals surface area contributed by atoms with Crippen molar-refractivity contribution in [3.63, 3.8) is 0 Å². The number of hydrogen-bond acceptors (Lipinski definition) is 1. The fourth-order valence-corrected chi connectivity index (χ4v) is 3.25. The molecule has 0 heterocycles. The smallest absolute Gasteiger partial charge is 0.184 e. The highest BCUT2D eigenvalue weighted by molar-refractivity contribution is 6.52. The molecule has 86 valence electrons. The van der Waals surface area contributed by atoms with Crippen molar-refractivity contribution in [2.24, 2.45) is 0 Å². The molecule has 0 bridgehead atoms. The summed E-state index contributed by atoms with van der Waals surface area (Å²) in [5.41, 5.74) is 1.34. The second-order valence-electron chi connectivity index (χ2n) is 3.78. The SMILES string of the molecule is C=CC[SiH](CC=C)OCCc1ccccc1. The van der Waals surface area contributed by atoms with Crippen LogP contribution in [0.3, 0.4) is 0 Å². The molecule has 0 aliphatic heterocycles. The quantitative estimate of drug-likeness (QED) is 0.493. The number of allylic oxidation sites excluding steroid dienone is 2. The summed E-state index contributed by atoms with van der Waals surface area (Å²) >= 11 is 0. The highest BCUT2D eigenvalue weighted by atomic mass is 28.3. The zero-order valence-electron chi connectivity index (χ0n) is 9.77. The predicted octanol–water partition coefficient (Wildman–Crippen LogP) is 3.34. The Balaban J connectivity index is 2.27. The fourth-order valence-electron chi connectivity index (χ4n) is 1.59. The maximum atomic E-state index is 5.92. The molecule has 0 unspecified atom stereocenters. The van der Waals surface area contributed by atoms with Gasteiger partial charge in [0.25, 0.3) is 0 Å². The molecule has 0 amide bonds. The Morgan fingerprint density at radius 2 is 1.69 bits per heavy atom. The van der Waals surface area contributed by atoms with E-state index in [-0.39, 0.29) is 0 Å². The van der Waals surface area contributed by atoms with E-state index in [1.54, 1.807) is 0 Å². The third-order valence-electron chi connectivity index (χ3n) is 2.45. The van der Waals surface area contributed by atoms with Gasteiger partial charge in [0, 0.05) is 6.61 Å². The zero-order chi connectivity index (χ0) is 11.6. The van der Waals surface area contributed by atoms with E-state index in [2.05, 4.69) is 37.4 Å². The molecular weight excluding hydrogens is 212 g/mol. The van der Waals surface area contributed by atoms with Crippen molar-refractivity contribution in [3.05, 3.63) is 61.2 Å². The van der Waals surface area contributed by atoms with Crippen molar-refractivity contribution in [2.45, 2.75) is 18.5 Å². The second kappa shape index (κ2) is 8.08. The van der Waals surface area contributed by atoms with Crippen LogP contribution in [0.5, 0.6) is 0 Å². The van der Waals surface area contributed by atoms with Crippen LogP contribution in [0.1, 0.15) is 5.56 Å².